The Balaban J connectivity index is 1.48. The van der Waals surface area contributed by atoms with E-state index in [-0.39, 0.29) is 30.2 Å². The second-order valence-electron chi connectivity index (χ2n) is 11.8. The molecule has 2 aromatic rings. The third-order valence-electron chi connectivity index (χ3n) is 9.33. The predicted octanol–water partition coefficient (Wildman–Crippen LogP) is 4.23. The zero-order valence-corrected chi connectivity index (χ0v) is 25.1. The van der Waals surface area contributed by atoms with Gasteiger partial charge in [0.2, 0.25) is 17.7 Å². The highest BCUT2D eigenvalue weighted by Gasteiger charge is 2.77. The minimum atomic E-state index is -0.773. The lowest BCUT2D eigenvalue weighted by Gasteiger charge is -2.39. The summed E-state index contributed by atoms with van der Waals surface area (Å²) in [5, 5.41) is 16.6. The fourth-order valence-corrected chi connectivity index (χ4v) is 9.48. The molecule has 0 aliphatic carbocycles. The molecule has 220 valence electrons. The SMILES string of the molecule is CCOc1ccc(NC(=O)[C@@H]2[C@H]3C(=O)N([C@@H](CO)[C@@H](C)CC)C(C(=O)NCc4ccccc4)C34CC[C@@]2(C)S4)cc1. The fourth-order valence-electron chi connectivity index (χ4n) is 7.14. The second-order valence-corrected chi connectivity index (χ2v) is 13.7. The number of thioether (sulfide) groups is 1. The van der Waals surface area contributed by atoms with Crippen molar-refractivity contribution in [3.8, 4) is 5.75 Å². The van der Waals surface area contributed by atoms with Crippen LogP contribution in [0.1, 0.15) is 52.5 Å². The van der Waals surface area contributed by atoms with Crippen LogP contribution in [0.2, 0.25) is 0 Å². The number of aliphatic hydroxyl groups excluding tert-OH is 1. The molecule has 3 saturated heterocycles. The van der Waals surface area contributed by atoms with Gasteiger partial charge in [0.25, 0.3) is 0 Å². The molecule has 2 aromatic carbocycles. The number of ether oxygens (including phenoxy) is 1. The maximum atomic E-state index is 14.4. The van der Waals surface area contributed by atoms with Gasteiger partial charge in [-0.2, -0.15) is 0 Å². The molecule has 3 aliphatic heterocycles. The van der Waals surface area contributed by atoms with E-state index >= 15 is 0 Å². The van der Waals surface area contributed by atoms with Crippen molar-refractivity contribution < 1.29 is 24.2 Å². The smallest absolute Gasteiger partial charge is 0.244 e. The number of amides is 3. The molecule has 3 aliphatic rings. The van der Waals surface area contributed by atoms with Crippen LogP contribution in [0.5, 0.6) is 5.75 Å². The van der Waals surface area contributed by atoms with Crippen LogP contribution in [0, 0.1) is 17.8 Å². The zero-order valence-electron chi connectivity index (χ0n) is 24.3. The molecule has 3 heterocycles. The Morgan fingerprint density at radius 1 is 1.10 bits per heavy atom. The molecule has 3 amide bonds. The van der Waals surface area contributed by atoms with Gasteiger partial charge >= 0.3 is 0 Å². The lowest BCUT2D eigenvalue weighted by molar-refractivity contribution is -0.143. The lowest BCUT2D eigenvalue weighted by Crippen LogP contribution is -2.57. The van der Waals surface area contributed by atoms with Crippen LogP contribution >= 0.6 is 11.8 Å². The van der Waals surface area contributed by atoms with E-state index < -0.39 is 33.4 Å². The third kappa shape index (κ3) is 5.12. The topological polar surface area (TPSA) is 108 Å². The average Bonchev–Trinajstić information content (AvgIpc) is 3.54. The number of benzene rings is 2. The number of rotatable bonds is 11. The first-order chi connectivity index (χ1) is 19.7. The molecule has 2 bridgehead atoms. The number of fused-ring (bicyclic) bond motifs is 1. The van der Waals surface area contributed by atoms with Crippen LogP contribution in [-0.2, 0) is 20.9 Å². The Bertz CT molecular complexity index is 1270. The highest BCUT2D eigenvalue weighted by Crippen LogP contribution is 2.71. The van der Waals surface area contributed by atoms with Gasteiger partial charge in [-0.15, -0.1) is 11.8 Å². The Labute approximate surface area is 246 Å². The van der Waals surface area contributed by atoms with E-state index in [0.29, 0.717) is 25.3 Å². The van der Waals surface area contributed by atoms with Gasteiger partial charge in [0, 0.05) is 17.0 Å². The first-order valence-electron chi connectivity index (χ1n) is 14.7. The molecule has 0 aromatic heterocycles. The summed E-state index contributed by atoms with van der Waals surface area (Å²) in [4.78, 5) is 44.1. The number of nitrogens with one attached hydrogen (secondary N) is 2. The van der Waals surface area contributed by atoms with Crippen molar-refractivity contribution >= 4 is 35.2 Å². The van der Waals surface area contributed by atoms with E-state index in [4.69, 9.17) is 4.74 Å². The number of likely N-dealkylation sites (tertiary alicyclic amines) is 1. The zero-order chi connectivity index (χ0) is 29.4. The number of nitrogens with zero attached hydrogens (tertiary/aromatic N) is 1. The van der Waals surface area contributed by atoms with E-state index in [0.717, 1.165) is 24.2 Å². The monoisotopic (exact) mass is 579 g/mol. The van der Waals surface area contributed by atoms with E-state index in [2.05, 4.69) is 17.6 Å². The van der Waals surface area contributed by atoms with E-state index in [1.807, 2.05) is 63.2 Å². The highest BCUT2D eigenvalue weighted by molar-refractivity contribution is 8.02. The highest BCUT2D eigenvalue weighted by atomic mass is 32.2. The molecule has 5 rings (SSSR count). The predicted molar refractivity (Wildman–Crippen MR) is 160 cm³/mol. The molecular formula is C32H41N3O5S. The van der Waals surface area contributed by atoms with E-state index in [1.54, 1.807) is 28.8 Å². The normalized spacial score (nSPS) is 29.6. The Kier molecular flexibility index (Phi) is 8.39. The maximum absolute atomic E-state index is 14.4. The molecule has 9 heteroatoms. The summed E-state index contributed by atoms with van der Waals surface area (Å²) in [5.74, 6) is -1.19. The molecule has 3 N–H and O–H groups in total. The minimum absolute atomic E-state index is 0.0162. The van der Waals surface area contributed by atoms with Crippen molar-refractivity contribution in [1.82, 2.24) is 10.2 Å². The Morgan fingerprint density at radius 2 is 1.80 bits per heavy atom. The molecule has 7 atom stereocenters. The van der Waals surface area contributed by atoms with Gasteiger partial charge in [0.05, 0.1) is 35.8 Å². The minimum Gasteiger partial charge on any atom is -0.494 e. The van der Waals surface area contributed by atoms with Crippen molar-refractivity contribution in [2.24, 2.45) is 17.8 Å². The number of anilines is 1. The van der Waals surface area contributed by atoms with Crippen molar-refractivity contribution in [3.05, 3.63) is 60.2 Å². The van der Waals surface area contributed by atoms with Crippen LogP contribution in [0.15, 0.2) is 54.6 Å². The second kappa shape index (κ2) is 11.7. The molecule has 1 spiro atoms. The number of hydrogen-bond donors (Lipinski definition) is 3. The molecule has 0 radical (unpaired) electrons. The van der Waals surface area contributed by atoms with E-state index in [1.165, 1.54) is 0 Å². The van der Waals surface area contributed by atoms with Crippen LogP contribution in [0.25, 0.3) is 0 Å². The first kappa shape index (κ1) is 29.5. The Morgan fingerprint density at radius 3 is 2.44 bits per heavy atom. The number of aliphatic hydroxyl groups is 1. The quantitative estimate of drug-likeness (QED) is 0.368. The Hall–Kier alpha value is -3.04. The van der Waals surface area contributed by atoms with Crippen molar-refractivity contribution in [2.75, 3.05) is 18.5 Å². The van der Waals surface area contributed by atoms with Crippen LogP contribution in [0.4, 0.5) is 5.69 Å². The van der Waals surface area contributed by atoms with Gasteiger partial charge in [0.15, 0.2) is 0 Å². The third-order valence-corrected chi connectivity index (χ3v) is 11.3. The summed E-state index contributed by atoms with van der Waals surface area (Å²) in [5.41, 5.74) is 1.60. The van der Waals surface area contributed by atoms with Crippen molar-refractivity contribution in [2.45, 2.75) is 75.1 Å². The summed E-state index contributed by atoms with van der Waals surface area (Å²) >= 11 is 1.63. The van der Waals surface area contributed by atoms with Gasteiger partial charge in [-0.25, -0.2) is 0 Å². The maximum Gasteiger partial charge on any atom is 0.244 e. The first-order valence-corrected chi connectivity index (χ1v) is 15.5. The van der Waals surface area contributed by atoms with Gasteiger partial charge in [0.1, 0.15) is 11.8 Å². The average molecular weight is 580 g/mol. The molecule has 2 unspecified atom stereocenters. The number of hydrogen-bond acceptors (Lipinski definition) is 6. The molecule has 0 saturated carbocycles. The van der Waals surface area contributed by atoms with Gasteiger partial charge in [-0.05, 0) is 62.4 Å². The molecule has 3 fully saturated rings. The summed E-state index contributed by atoms with van der Waals surface area (Å²) in [6.07, 6.45) is 2.14. The summed E-state index contributed by atoms with van der Waals surface area (Å²) in [7, 11) is 0. The van der Waals surface area contributed by atoms with E-state index in [9.17, 15) is 19.5 Å². The van der Waals surface area contributed by atoms with Gasteiger partial charge in [-0.3, -0.25) is 14.4 Å². The van der Waals surface area contributed by atoms with Crippen LogP contribution < -0.4 is 15.4 Å². The summed E-state index contributed by atoms with van der Waals surface area (Å²) in [6, 6.07) is 15.6. The fraction of sp³-hybridized carbons (Fsp3) is 0.531. The standard InChI is InChI=1S/C32H41N3O5S/c1-5-20(3)24(19-36)35-27(29(38)33-18-21-10-8-7-9-11-21)32-17-16-31(4,41-32)25(26(32)30(35)39)28(37)34-22-12-14-23(15-13-22)40-6-2/h7-15,20,24-27,36H,5-6,16-19H2,1-4H3,(H,33,38)(H,34,37)/t20-,24-,25-,26-,27?,31+,32?/m0/s1. The van der Waals surface area contributed by atoms with Gasteiger partial charge in [-0.1, -0.05) is 50.6 Å². The summed E-state index contributed by atoms with van der Waals surface area (Å²) in [6.45, 7) is 8.65. The van der Waals surface area contributed by atoms with Crippen LogP contribution in [-0.4, -0.2) is 62.5 Å². The lowest BCUT2D eigenvalue weighted by atomic mass is 9.66. The van der Waals surface area contributed by atoms with Gasteiger partial charge < -0.3 is 25.4 Å². The van der Waals surface area contributed by atoms with Crippen molar-refractivity contribution in [1.29, 1.82) is 0 Å². The number of carbonyl (C=O) groups is 3. The molecule has 41 heavy (non-hydrogen) atoms. The molecular weight excluding hydrogens is 538 g/mol. The molecule has 8 nitrogen and oxygen atoms in total. The summed E-state index contributed by atoms with van der Waals surface area (Å²) < 4.78 is 4.30. The largest absolute Gasteiger partial charge is 0.494 e. The van der Waals surface area contributed by atoms with Crippen molar-refractivity contribution in [3.63, 3.8) is 0 Å². The number of carbonyl (C=O) groups excluding carboxylic acids is 3. The van der Waals surface area contributed by atoms with Crippen LogP contribution in [0.3, 0.4) is 0 Å².